The molecule has 2 aromatic rings. The number of pyridine rings is 1. The maximum absolute atomic E-state index is 5.95. The fraction of sp³-hybridized carbons (Fsp3) is 0.400. The lowest BCUT2D eigenvalue weighted by atomic mass is 10.1. The van der Waals surface area contributed by atoms with Gasteiger partial charge in [0, 0.05) is 42.6 Å². The maximum atomic E-state index is 5.95. The van der Waals surface area contributed by atoms with E-state index in [4.69, 9.17) is 5.73 Å². The predicted octanol–water partition coefficient (Wildman–Crippen LogP) is 2.33. The molecule has 3 rings (SSSR count). The molecule has 1 aliphatic heterocycles. The van der Waals surface area contributed by atoms with Crippen molar-refractivity contribution in [3.63, 3.8) is 0 Å². The van der Waals surface area contributed by atoms with Crippen LogP contribution in [0, 0.1) is 0 Å². The van der Waals surface area contributed by atoms with E-state index in [0.29, 0.717) is 5.82 Å². The third-order valence-corrected chi connectivity index (χ3v) is 4.36. The van der Waals surface area contributed by atoms with Crippen LogP contribution in [0.2, 0.25) is 0 Å². The molecule has 0 amide bonds. The largest absolute Gasteiger partial charge is 0.384 e. The third-order valence-electron chi connectivity index (χ3n) is 3.87. The number of nitrogens with two attached hydrogens (primary N) is 1. The summed E-state index contributed by atoms with van der Waals surface area (Å²) in [5.41, 5.74) is 8.18. The molecule has 20 heavy (non-hydrogen) atoms. The summed E-state index contributed by atoms with van der Waals surface area (Å²) in [5, 5.41) is 1.20. The highest BCUT2D eigenvalue weighted by Gasteiger charge is 2.15. The first kappa shape index (κ1) is 13.8. The number of hydrogen-bond acceptors (Lipinski definition) is 4. The van der Waals surface area contributed by atoms with Crippen LogP contribution in [0.5, 0.6) is 0 Å². The van der Waals surface area contributed by atoms with Crippen molar-refractivity contribution in [2.45, 2.75) is 6.54 Å². The molecular formula is C15H19BrN4. The van der Waals surface area contributed by atoms with Crippen molar-refractivity contribution < 1.29 is 0 Å². The SMILES string of the molecule is CN1CCN(Cc2cc(N)nc3cc(Br)ccc23)CC1. The van der Waals surface area contributed by atoms with Gasteiger partial charge in [-0.2, -0.15) is 0 Å². The van der Waals surface area contributed by atoms with Crippen LogP contribution in [0.4, 0.5) is 5.82 Å². The normalized spacial score (nSPS) is 17.7. The molecule has 1 aromatic heterocycles. The smallest absolute Gasteiger partial charge is 0.124 e. The Hall–Kier alpha value is -1.17. The number of nitrogen functional groups attached to an aromatic ring is 1. The number of hydrogen-bond donors (Lipinski definition) is 1. The van der Waals surface area contributed by atoms with Gasteiger partial charge in [-0.15, -0.1) is 0 Å². The van der Waals surface area contributed by atoms with Gasteiger partial charge in [0.25, 0.3) is 0 Å². The Morgan fingerprint density at radius 2 is 1.95 bits per heavy atom. The van der Waals surface area contributed by atoms with Gasteiger partial charge in [-0.1, -0.05) is 22.0 Å². The molecule has 2 heterocycles. The van der Waals surface area contributed by atoms with Crippen molar-refractivity contribution in [1.29, 1.82) is 0 Å². The standard InChI is InChI=1S/C15H19BrN4/c1-19-4-6-20(7-5-19)10-11-8-15(17)18-14-9-12(16)2-3-13(11)14/h2-3,8-9H,4-7,10H2,1H3,(H2,17,18). The van der Waals surface area contributed by atoms with Crippen molar-refractivity contribution in [1.82, 2.24) is 14.8 Å². The second-order valence-electron chi connectivity index (χ2n) is 5.45. The van der Waals surface area contributed by atoms with Crippen LogP contribution in [0.25, 0.3) is 10.9 Å². The fourth-order valence-corrected chi connectivity index (χ4v) is 3.02. The fourth-order valence-electron chi connectivity index (χ4n) is 2.67. The summed E-state index contributed by atoms with van der Waals surface area (Å²) < 4.78 is 1.04. The van der Waals surface area contributed by atoms with E-state index in [2.05, 4.69) is 49.9 Å². The van der Waals surface area contributed by atoms with Crippen LogP contribution in [0.3, 0.4) is 0 Å². The summed E-state index contributed by atoms with van der Waals surface area (Å²) in [6, 6.07) is 8.22. The van der Waals surface area contributed by atoms with Crippen LogP contribution in [0.15, 0.2) is 28.7 Å². The van der Waals surface area contributed by atoms with Gasteiger partial charge in [0.1, 0.15) is 5.82 Å². The molecule has 0 aliphatic carbocycles. The highest BCUT2D eigenvalue weighted by Crippen LogP contribution is 2.24. The van der Waals surface area contributed by atoms with Gasteiger partial charge in [-0.25, -0.2) is 4.98 Å². The molecule has 0 radical (unpaired) electrons. The van der Waals surface area contributed by atoms with Crippen molar-refractivity contribution in [2.24, 2.45) is 0 Å². The number of nitrogens with zero attached hydrogens (tertiary/aromatic N) is 3. The highest BCUT2D eigenvalue weighted by molar-refractivity contribution is 9.10. The Balaban J connectivity index is 1.90. The molecule has 0 saturated carbocycles. The van der Waals surface area contributed by atoms with E-state index in [1.54, 1.807) is 0 Å². The first-order chi connectivity index (χ1) is 9.61. The second kappa shape index (κ2) is 5.68. The molecule has 0 atom stereocenters. The van der Waals surface area contributed by atoms with E-state index in [1.807, 2.05) is 12.1 Å². The van der Waals surface area contributed by atoms with E-state index >= 15 is 0 Å². The van der Waals surface area contributed by atoms with Crippen LogP contribution < -0.4 is 5.73 Å². The monoisotopic (exact) mass is 334 g/mol. The van der Waals surface area contributed by atoms with Crippen molar-refractivity contribution in [3.05, 3.63) is 34.3 Å². The molecule has 4 nitrogen and oxygen atoms in total. The highest BCUT2D eigenvalue weighted by atomic mass is 79.9. The Labute approximate surface area is 127 Å². The van der Waals surface area contributed by atoms with E-state index in [0.717, 1.165) is 42.7 Å². The molecule has 5 heteroatoms. The van der Waals surface area contributed by atoms with E-state index < -0.39 is 0 Å². The third kappa shape index (κ3) is 2.95. The summed E-state index contributed by atoms with van der Waals surface area (Å²) in [4.78, 5) is 9.27. The molecule has 1 aliphatic rings. The lowest BCUT2D eigenvalue weighted by molar-refractivity contribution is 0.148. The molecule has 2 N–H and O–H groups in total. The van der Waals surface area contributed by atoms with Crippen LogP contribution in [0.1, 0.15) is 5.56 Å². The minimum Gasteiger partial charge on any atom is -0.384 e. The van der Waals surface area contributed by atoms with E-state index in [1.165, 1.54) is 10.9 Å². The number of fused-ring (bicyclic) bond motifs is 1. The van der Waals surface area contributed by atoms with E-state index in [-0.39, 0.29) is 0 Å². The van der Waals surface area contributed by atoms with Gasteiger partial charge in [0.2, 0.25) is 0 Å². The predicted molar refractivity (Wildman–Crippen MR) is 86.6 cm³/mol. The van der Waals surface area contributed by atoms with Crippen molar-refractivity contribution in [2.75, 3.05) is 39.0 Å². The topological polar surface area (TPSA) is 45.4 Å². The Bertz CT molecular complexity index is 615. The van der Waals surface area contributed by atoms with Crippen LogP contribution in [-0.4, -0.2) is 48.0 Å². The van der Waals surface area contributed by atoms with Gasteiger partial charge in [-0.3, -0.25) is 4.90 Å². The maximum Gasteiger partial charge on any atom is 0.124 e. The Morgan fingerprint density at radius 3 is 2.70 bits per heavy atom. The zero-order chi connectivity index (χ0) is 14.1. The molecule has 1 aromatic carbocycles. The molecular weight excluding hydrogens is 316 g/mol. The number of halogens is 1. The summed E-state index contributed by atoms with van der Waals surface area (Å²) in [6.07, 6.45) is 0. The number of piperazine rings is 1. The first-order valence-electron chi connectivity index (χ1n) is 6.87. The number of rotatable bonds is 2. The molecule has 1 saturated heterocycles. The van der Waals surface area contributed by atoms with Gasteiger partial charge in [-0.05, 0) is 30.8 Å². The van der Waals surface area contributed by atoms with Crippen LogP contribution >= 0.6 is 15.9 Å². The molecule has 1 fully saturated rings. The van der Waals surface area contributed by atoms with Crippen molar-refractivity contribution in [3.8, 4) is 0 Å². The average molecular weight is 335 g/mol. The lowest BCUT2D eigenvalue weighted by Gasteiger charge is -2.32. The zero-order valence-electron chi connectivity index (χ0n) is 11.6. The minimum atomic E-state index is 0.597. The number of aromatic nitrogens is 1. The minimum absolute atomic E-state index is 0.597. The molecule has 106 valence electrons. The van der Waals surface area contributed by atoms with Gasteiger partial charge in [0.05, 0.1) is 5.52 Å². The summed E-state index contributed by atoms with van der Waals surface area (Å²) in [5.74, 6) is 0.597. The number of benzene rings is 1. The first-order valence-corrected chi connectivity index (χ1v) is 7.67. The summed E-state index contributed by atoms with van der Waals surface area (Å²) >= 11 is 3.49. The summed E-state index contributed by atoms with van der Waals surface area (Å²) in [7, 11) is 2.18. The Kier molecular flexibility index (Phi) is 3.92. The van der Waals surface area contributed by atoms with Gasteiger partial charge in [0.15, 0.2) is 0 Å². The number of likely N-dealkylation sites (N-methyl/N-ethyl adjacent to an activating group) is 1. The van der Waals surface area contributed by atoms with Crippen molar-refractivity contribution >= 4 is 32.7 Å². The van der Waals surface area contributed by atoms with Gasteiger partial charge >= 0.3 is 0 Å². The summed E-state index contributed by atoms with van der Waals surface area (Å²) in [6.45, 7) is 5.42. The zero-order valence-corrected chi connectivity index (χ0v) is 13.2. The average Bonchev–Trinajstić information content (AvgIpc) is 2.40. The molecule has 0 unspecified atom stereocenters. The molecule has 0 bridgehead atoms. The number of anilines is 1. The second-order valence-corrected chi connectivity index (χ2v) is 6.36. The van der Waals surface area contributed by atoms with Gasteiger partial charge < -0.3 is 10.6 Å². The lowest BCUT2D eigenvalue weighted by Crippen LogP contribution is -2.43. The van der Waals surface area contributed by atoms with Crippen LogP contribution in [-0.2, 0) is 6.54 Å². The quantitative estimate of drug-likeness (QED) is 0.915. The van der Waals surface area contributed by atoms with E-state index in [9.17, 15) is 0 Å². The Morgan fingerprint density at radius 1 is 1.20 bits per heavy atom. The molecule has 0 spiro atoms.